The number of aryl methyl sites for hydroxylation is 1. The van der Waals surface area contributed by atoms with E-state index in [4.69, 9.17) is 14.7 Å². The molecule has 1 saturated heterocycles. The van der Waals surface area contributed by atoms with Crippen molar-refractivity contribution in [3.63, 3.8) is 0 Å². The lowest BCUT2D eigenvalue weighted by Gasteiger charge is -2.22. The van der Waals surface area contributed by atoms with Gasteiger partial charge in [0.2, 0.25) is 12.3 Å². The van der Waals surface area contributed by atoms with Crippen LogP contribution in [0.2, 0.25) is 0 Å². The molecule has 1 aliphatic heterocycles. The number of hydroxylamine groups is 1. The number of aliphatic hydroxyl groups is 1. The first-order chi connectivity index (χ1) is 32.0. The van der Waals surface area contributed by atoms with E-state index in [2.05, 4.69) is 73.0 Å². The summed E-state index contributed by atoms with van der Waals surface area (Å²) in [7, 11) is 2.14. The second-order valence-corrected chi connectivity index (χ2v) is 19.2. The number of aliphatic hydroxyl groups excluding tert-OH is 1. The number of thiazole rings is 1. The number of fused-ring (bicyclic) bond motifs is 1. The maximum Gasteiger partial charge on any atom is 0.274 e. The van der Waals surface area contributed by atoms with Gasteiger partial charge >= 0.3 is 0 Å². The number of aromatic nitrogens is 2. The lowest BCUT2D eigenvalue weighted by molar-refractivity contribution is -0.132. The summed E-state index contributed by atoms with van der Waals surface area (Å²) >= 11 is 1.61. The molecular formula is C50H66FN7O8S. The zero-order valence-corrected chi connectivity index (χ0v) is 40.1. The van der Waals surface area contributed by atoms with Gasteiger partial charge in [-0.3, -0.25) is 24.4 Å². The smallest absolute Gasteiger partial charge is 0.274 e. The van der Waals surface area contributed by atoms with Crippen LogP contribution in [0, 0.1) is 12.3 Å². The minimum absolute atomic E-state index is 0.0463. The number of β-amino-alcohol motifs (C(OH)–C–C–N with tert-alkyl or cyclic N) is 1. The van der Waals surface area contributed by atoms with Crippen LogP contribution in [-0.2, 0) is 34.0 Å². The van der Waals surface area contributed by atoms with Crippen LogP contribution >= 0.6 is 11.3 Å². The fourth-order valence-corrected chi connectivity index (χ4v) is 8.17. The van der Waals surface area contributed by atoms with Crippen molar-refractivity contribution in [1.29, 1.82) is 0 Å². The number of nitrogens with two attached hydrogens (primary N) is 1. The number of carbonyl (C=O) groups excluding carboxylic acids is 4. The van der Waals surface area contributed by atoms with Crippen molar-refractivity contribution in [2.75, 3.05) is 39.9 Å². The number of ether oxygens (including phenoxy) is 2. The van der Waals surface area contributed by atoms with Crippen molar-refractivity contribution >= 4 is 46.4 Å². The number of nitrogens with one attached hydrogen (secondary N) is 2. The first-order valence-corrected chi connectivity index (χ1v) is 23.6. The van der Waals surface area contributed by atoms with Gasteiger partial charge in [0.15, 0.2) is 5.67 Å². The van der Waals surface area contributed by atoms with Crippen LogP contribution in [0.1, 0.15) is 92.9 Å². The Morgan fingerprint density at radius 2 is 1.79 bits per heavy atom. The van der Waals surface area contributed by atoms with Gasteiger partial charge in [0.25, 0.3) is 11.8 Å². The zero-order valence-electron chi connectivity index (χ0n) is 39.3. The largest absolute Gasteiger partial charge is 0.493 e. The molecule has 0 bridgehead atoms. The number of nitrogens with zero attached hydrogens (tertiary/aromatic N) is 4. The molecule has 1 saturated carbocycles. The molecule has 0 radical (unpaired) electrons. The van der Waals surface area contributed by atoms with Gasteiger partial charge in [-0.1, -0.05) is 51.1 Å². The van der Waals surface area contributed by atoms with Crippen molar-refractivity contribution in [2.45, 2.75) is 104 Å². The Labute approximate surface area is 396 Å². The summed E-state index contributed by atoms with van der Waals surface area (Å²) in [5.74, 6) is 0.436. The molecule has 67 heavy (non-hydrogen) atoms. The maximum atomic E-state index is 12.1. The molecule has 362 valence electrons. The van der Waals surface area contributed by atoms with Gasteiger partial charge in [-0.2, -0.15) is 0 Å². The van der Waals surface area contributed by atoms with Crippen molar-refractivity contribution < 1.29 is 43.4 Å². The van der Waals surface area contributed by atoms with Crippen LogP contribution < -0.4 is 26.0 Å². The molecule has 3 heterocycles. The molecule has 5 aromatic rings. The topological polar surface area (TPSA) is 202 Å². The van der Waals surface area contributed by atoms with E-state index in [1.54, 1.807) is 33.8 Å². The lowest BCUT2D eigenvalue weighted by atomic mass is 9.92. The number of amides is 4. The van der Waals surface area contributed by atoms with E-state index in [-0.39, 0.29) is 17.4 Å². The molecule has 15 nitrogen and oxygen atoms in total. The molecule has 3 aromatic carbocycles. The highest BCUT2D eigenvalue weighted by molar-refractivity contribution is 7.13. The zero-order chi connectivity index (χ0) is 48.6. The number of hydrogen-bond donors (Lipinski definition) is 5. The standard InChI is InChI=1S/C36H41N5O5S.C10H19NO2.C4H6FNO/c1-26-35(47-25-38-26)29-9-11-31(22-37-24-42)34(21-29)46-18-5-3-4-15-40(2)23-27-6-12-32(13-7-27)45-19-17-41-16-14-28-8-10-30(20-33(28)41)36(43)39-44;1-10(2,3)6-9(13)11-5-4-8(12)7-11;5-4(1-2-4)3(6)7/h6-14,16,20-21,24-25,44H,3-5,15,17-19,22-23H2,1-2H3,(H,37,42)(H,39,43);8,12H,4-7H2,1-3H3;1-2H2,(H2,6,7). The third-order valence-corrected chi connectivity index (χ3v) is 12.3. The fraction of sp³-hybridized carbons (Fsp3) is 0.460. The average molecular weight is 944 g/mol. The second kappa shape index (κ2) is 24.8. The van der Waals surface area contributed by atoms with Crippen LogP contribution in [0.5, 0.6) is 11.5 Å². The number of likely N-dealkylation sites (tertiary alicyclic amines) is 1. The van der Waals surface area contributed by atoms with Crippen molar-refractivity contribution in [3.05, 3.63) is 101 Å². The van der Waals surface area contributed by atoms with E-state index in [0.717, 1.165) is 89.4 Å². The van der Waals surface area contributed by atoms with Gasteiger partial charge < -0.3 is 40.0 Å². The fourth-order valence-electron chi connectivity index (χ4n) is 7.37. The molecule has 7 rings (SSSR count). The monoisotopic (exact) mass is 943 g/mol. The Morgan fingerprint density at radius 1 is 1.03 bits per heavy atom. The van der Waals surface area contributed by atoms with E-state index < -0.39 is 17.5 Å². The number of hydrogen-bond acceptors (Lipinski definition) is 11. The molecule has 2 aromatic heterocycles. The molecule has 1 atom stereocenters. The normalized spacial score (nSPS) is 14.9. The molecule has 2 fully saturated rings. The lowest BCUT2D eigenvalue weighted by Crippen LogP contribution is -2.32. The third kappa shape index (κ3) is 16.4. The SMILES string of the molecule is CC(C)(C)CC(=O)N1CCC(O)C1.Cc1ncsc1-c1ccc(CNC=O)c(OCCCCCN(C)Cc2ccc(OCCn3ccc4ccc(C(=O)NO)cc43)cc2)c1.NC(=O)C1(F)CC1. The van der Waals surface area contributed by atoms with Crippen LogP contribution in [-0.4, -0.2) is 105 Å². The van der Waals surface area contributed by atoms with Gasteiger partial charge in [-0.25, -0.2) is 14.9 Å². The molecule has 17 heteroatoms. The predicted octanol–water partition coefficient (Wildman–Crippen LogP) is 7.19. The Bertz CT molecular complexity index is 2400. The minimum atomic E-state index is -1.61. The number of rotatable bonds is 20. The van der Waals surface area contributed by atoms with Crippen molar-refractivity contribution in [2.24, 2.45) is 11.1 Å². The number of benzene rings is 3. The highest BCUT2D eigenvalue weighted by Gasteiger charge is 2.49. The predicted molar refractivity (Wildman–Crippen MR) is 258 cm³/mol. The first-order valence-electron chi connectivity index (χ1n) is 22.7. The second-order valence-electron chi connectivity index (χ2n) is 18.3. The maximum absolute atomic E-state index is 12.1. The molecule has 1 unspecified atom stereocenters. The first kappa shape index (κ1) is 52.1. The summed E-state index contributed by atoms with van der Waals surface area (Å²) in [5, 5.41) is 21.9. The molecule has 1 aliphatic carbocycles. The van der Waals surface area contributed by atoms with E-state index >= 15 is 0 Å². The molecule has 4 amide bonds. The van der Waals surface area contributed by atoms with Crippen molar-refractivity contribution in [1.82, 2.24) is 30.1 Å². The third-order valence-electron chi connectivity index (χ3n) is 11.3. The van der Waals surface area contributed by atoms with E-state index in [9.17, 15) is 28.7 Å². The van der Waals surface area contributed by atoms with Gasteiger partial charge in [0.05, 0.1) is 35.3 Å². The number of halogens is 1. The van der Waals surface area contributed by atoms with Crippen LogP contribution in [0.4, 0.5) is 4.39 Å². The van der Waals surface area contributed by atoms with E-state index in [1.807, 2.05) is 53.5 Å². The Balaban J connectivity index is 0.000000344. The highest BCUT2D eigenvalue weighted by Crippen LogP contribution is 2.39. The number of carbonyl (C=O) groups is 4. The van der Waals surface area contributed by atoms with Crippen LogP contribution in [0.15, 0.2) is 78.4 Å². The minimum Gasteiger partial charge on any atom is -0.493 e. The quantitative estimate of drug-likeness (QED) is 0.0230. The van der Waals surface area contributed by atoms with Gasteiger partial charge in [-0.15, -0.1) is 11.3 Å². The summed E-state index contributed by atoms with van der Waals surface area (Å²) < 4.78 is 26.4. The summed E-state index contributed by atoms with van der Waals surface area (Å²) in [5.41, 5.74) is 12.2. The average Bonchev–Trinajstić information content (AvgIpc) is 3.56. The Morgan fingerprint density at radius 3 is 2.40 bits per heavy atom. The summed E-state index contributed by atoms with van der Waals surface area (Å²) in [6.07, 6.45) is 7.39. The van der Waals surface area contributed by atoms with Gasteiger partial charge in [-0.05, 0) is 117 Å². The number of primary amides is 1. The van der Waals surface area contributed by atoms with E-state index in [1.165, 1.54) is 5.56 Å². The number of unbranched alkanes of at least 4 members (excludes halogenated alkanes) is 2. The molecule has 2 aliphatic rings. The highest BCUT2D eigenvalue weighted by atomic mass is 32.1. The molecular weight excluding hydrogens is 878 g/mol. The van der Waals surface area contributed by atoms with Crippen LogP contribution in [0.3, 0.4) is 0 Å². The summed E-state index contributed by atoms with van der Waals surface area (Å²) in [6, 6.07) is 21.6. The summed E-state index contributed by atoms with van der Waals surface area (Å²) in [6.45, 7) is 13.4. The molecule has 6 N–H and O–H groups in total. The summed E-state index contributed by atoms with van der Waals surface area (Å²) in [4.78, 5) is 53.8. The van der Waals surface area contributed by atoms with Crippen LogP contribution in [0.25, 0.3) is 21.3 Å². The van der Waals surface area contributed by atoms with Gasteiger partial charge in [0, 0.05) is 55.4 Å². The Kier molecular flexibility index (Phi) is 19.3. The van der Waals surface area contributed by atoms with Crippen molar-refractivity contribution in [3.8, 4) is 21.9 Å². The van der Waals surface area contributed by atoms with Gasteiger partial charge in [0.1, 0.15) is 18.1 Å². The Hall–Kier alpha value is -5.88. The number of alkyl halides is 1. The molecule has 0 spiro atoms. The van der Waals surface area contributed by atoms with E-state index in [0.29, 0.717) is 64.1 Å².